The van der Waals surface area contributed by atoms with Crippen LogP contribution in [0.25, 0.3) is 10.8 Å². The molecule has 0 saturated carbocycles. The van der Waals surface area contributed by atoms with Crippen molar-refractivity contribution < 1.29 is 14.3 Å². The molecule has 0 spiro atoms. The van der Waals surface area contributed by atoms with E-state index in [0.717, 1.165) is 5.56 Å². The molecule has 138 valence electrons. The summed E-state index contributed by atoms with van der Waals surface area (Å²) in [5.41, 5.74) is 0.572. The third-order valence-electron chi connectivity index (χ3n) is 4.14. The van der Waals surface area contributed by atoms with E-state index in [0.29, 0.717) is 10.8 Å². The number of hydrogen-bond acceptors (Lipinski definition) is 5. The van der Waals surface area contributed by atoms with Crippen LogP contribution in [0.15, 0.2) is 59.4 Å². The van der Waals surface area contributed by atoms with Gasteiger partial charge in [-0.2, -0.15) is 5.10 Å². The van der Waals surface area contributed by atoms with Crippen LogP contribution in [0, 0.1) is 0 Å². The lowest BCUT2D eigenvalue weighted by molar-refractivity contribution is -0.128. The molecule has 0 aliphatic carbocycles. The van der Waals surface area contributed by atoms with Gasteiger partial charge in [0, 0.05) is 12.4 Å². The van der Waals surface area contributed by atoms with Crippen molar-refractivity contribution >= 4 is 22.6 Å². The third-order valence-corrected chi connectivity index (χ3v) is 4.14. The Morgan fingerprint density at radius 2 is 1.70 bits per heavy atom. The molecule has 1 aromatic heterocycles. The predicted molar refractivity (Wildman–Crippen MR) is 100 cm³/mol. The van der Waals surface area contributed by atoms with E-state index in [4.69, 9.17) is 4.74 Å². The number of carbonyl (C=O) groups excluding carboxylic acids is 2. The summed E-state index contributed by atoms with van der Waals surface area (Å²) in [6, 6.07) is 16.1. The summed E-state index contributed by atoms with van der Waals surface area (Å²) in [7, 11) is 1.46. The molecule has 0 aliphatic rings. The number of ether oxygens (including phenoxy) is 1. The lowest BCUT2D eigenvalue weighted by Gasteiger charge is -2.14. The zero-order chi connectivity index (χ0) is 19.4. The van der Waals surface area contributed by atoms with Gasteiger partial charge in [-0.3, -0.25) is 9.59 Å². The molecule has 7 nitrogen and oxygen atoms in total. The van der Waals surface area contributed by atoms with E-state index in [1.165, 1.54) is 18.7 Å². The van der Waals surface area contributed by atoms with Crippen molar-refractivity contribution in [3.8, 4) is 0 Å². The van der Waals surface area contributed by atoms with Crippen molar-refractivity contribution in [2.75, 3.05) is 7.05 Å². The maximum absolute atomic E-state index is 12.8. The maximum atomic E-state index is 12.8. The molecule has 0 fully saturated rings. The van der Waals surface area contributed by atoms with E-state index >= 15 is 0 Å². The van der Waals surface area contributed by atoms with E-state index in [1.54, 1.807) is 24.3 Å². The molecular weight excluding hydrogens is 346 g/mol. The Morgan fingerprint density at radius 3 is 2.37 bits per heavy atom. The lowest BCUT2D eigenvalue weighted by Crippen LogP contribution is -2.34. The molecule has 0 aliphatic heterocycles. The topological polar surface area (TPSA) is 90.3 Å². The molecule has 0 bridgehead atoms. The summed E-state index contributed by atoms with van der Waals surface area (Å²) in [5, 5.41) is 7.41. The fourth-order valence-electron chi connectivity index (χ4n) is 2.72. The molecule has 7 heteroatoms. The molecule has 1 amide bonds. The minimum Gasteiger partial charge on any atom is -0.448 e. The Labute approximate surface area is 155 Å². The summed E-state index contributed by atoms with van der Waals surface area (Å²) < 4.78 is 6.45. The van der Waals surface area contributed by atoms with Crippen LogP contribution in [0.5, 0.6) is 0 Å². The molecule has 2 aromatic carbocycles. The van der Waals surface area contributed by atoms with Crippen LogP contribution < -0.4 is 10.9 Å². The monoisotopic (exact) mass is 365 g/mol. The number of carbonyl (C=O) groups is 2. The fraction of sp³-hybridized carbons (Fsp3) is 0.200. The lowest BCUT2D eigenvalue weighted by atomic mass is 10.1. The number of rotatable bonds is 5. The van der Waals surface area contributed by atoms with Gasteiger partial charge in [-0.1, -0.05) is 48.5 Å². The van der Waals surface area contributed by atoms with Crippen molar-refractivity contribution in [2.45, 2.75) is 19.6 Å². The fourth-order valence-corrected chi connectivity index (χ4v) is 2.72. The Bertz CT molecular complexity index is 1040. The van der Waals surface area contributed by atoms with E-state index in [2.05, 4.69) is 10.4 Å². The largest absolute Gasteiger partial charge is 0.448 e. The van der Waals surface area contributed by atoms with Gasteiger partial charge in [0.05, 0.1) is 11.9 Å². The van der Waals surface area contributed by atoms with Gasteiger partial charge in [0.2, 0.25) is 0 Å². The quantitative estimate of drug-likeness (QED) is 0.696. The average Bonchev–Trinajstić information content (AvgIpc) is 2.70. The number of amides is 1. The highest BCUT2D eigenvalue weighted by Gasteiger charge is 2.22. The number of fused-ring (bicyclic) bond motifs is 1. The minimum atomic E-state index is -0.974. The van der Waals surface area contributed by atoms with Crippen molar-refractivity contribution in [3.63, 3.8) is 0 Å². The van der Waals surface area contributed by atoms with Crippen LogP contribution in [0.4, 0.5) is 0 Å². The number of likely N-dealkylation sites (N-methyl/N-ethyl adjacent to an activating group) is 1. The van der Waals surface area contributed by atoms with Crippen LogP contribution in [-0.2, 0) is 16.1 Å². The second-order valence-corrected chi connectivity index (χ2v) is 6.00. The number of esters is 1. The highest BCUT2D eigenvalue weighted by atomic mass is 16.5. The molecule has 3 aromatic rings. The van der Waals surface area contributed by atoms with Gasteiger partial charge in [-0.05, 0) is 18.6 Å². The zero-order valence-electron chi connectivity index (χ0n) is 15.0. The van der Waals surface area contributed by atoms with Crippen LogP contribution >= 0.6 is 0 Å². The first-order valence-corrected chi connectivity index (χ1v) is 8.47. The first-order valence-electron chi connectivity index (χ1n) is 8.47. The number of nitrogens with one attached hydrogen (secondary N) is 1. The van der Waals surface area contributed by atoms with Crippen molar-refractivity contribution in [3.05, 3.63) is 76.2 Å². The third kappa shape index (κ3) is 3.87. The SMILES string of the molecule is CNC(=O)[C@@H](C)OC(=O)c1nn(Cc2ccccc2)c(=O)c2ccccc12. The summed E-state index contributed by atoms with van der Waals surface area (Å²) in [6.07, 6.45) is -0.974. The van der Waals surface area contributed by atoms with Gasteiger partial charge < -0.3 is 10.1 Å². The summed E-state index contributed by atoms with van der Waals surface area (Å²) >= 11 is 0. The molecule has 3 rings (SSSR count). The van der Waals surface area contributed by atoms with Gasteiger partial charge in [0.25, 0.3) is 11.5 Å². The van der Waals surface area contributed by atoms with E-state index in [1.807, 2.05) is 30.3 Å². The second kappa shape index (κ2) is 7.82. The highest BCUT2D eigenvalue weighted by Crippen LogP contribution is 2.15. The van der Waals surface area contributed by atoms with Crippen molar-refractivity contribution in [1.82, 2.24) is 15.1 Å². The zero-order valence-corrected chi connectivity index (χ0v) is 15.0. The van der Waals surface area contributed by atoms with E-state index in [-0.39, 0.29) is 17.8 Å². The average molecular weight is 365 g/mol. The Balaban J connectivity index is 2.06. The summed E-state index contributed by atoms with van der Waals surface area (Å²) in [4.78, 5) is 37.0. The van der Waals surface area contributed by atoms with Crippen LogP contribution in [0.2, 0.25) is 0 Å². The molecule has 1 N–H and O–H groups in total. The molecule has 27 heavy (non-hydrogen) atoms. The second-order valence-electron chi connectivity index (χ2n) is 6.00. The maximum Gasteiger partial charge on any atom is 0.360 e. The van der Waals surface area contributed by atoms with Gasteiger partial charge in [-0.25, -0.2) is 9.48 Å². The first-order chi connectivity index (χ1) is 13.0. The summed E-state index contributed by atoms with van der Waals surface area (Å²) in [5.74, 6) is -1.19. The van der Waals surface area contributed by atoms with Crippen molar-refractivity contribution in [1.29, 1.82) is 0 Å². The van der Waals surface area contributed by atoms with E-state index in [9.17, 15) is 14.4 Å². The standard InChI is InChI=1S/C20H19N3O4/c1-13(18(24)21-2)27-20(26)17-15-10-6-7-11-16(15)19(25)23(22-17)12-14-8-4-3-5-9-14/h3-11,13H,12H2,1-2H3,(H,21,24)/t13-/m1/s1. The molecule has 1 heterocycles. The van der Waals surface area contributed by atoms with Gasteiger partial charge in [0.15, 0.2) is 11.8 Å². The van der Waals surface area contributed by atoms with Crippen LogP contribution in [0.3, 0.4) is 0 Å². The number of benzene rings is 2. The molecule has 0 saturated heterocycles. The minimum absolute atomic E-state index is 0.00289. The Hall–Kier alpha value is -3.48. The first kappa shape index (κ1) is 18.3. The molecular formula is C20H19N3O4. The summed E-state index contributed by atoms with van der Waals surface area (Å²) in [6.45, 7) is 1.69. The van der Waals surface area contributed by atoms with Gasteiger partial charge >= 0.3 is 5.97 Å². The number of nitrogens with zero attached hydrogens (tertiary/aromatic N) is 2. The number of hydrogen-bond donors (Lipinski definition) is 1. The smallest absolute Gasteiger partial charge is 0.360 e. The van der Waals surface area contributed by atoms with Gasteiger partial charge in [0.1, 0.15) is 0 Å². The number of aromatic nitrogens is 2. The normalized spacial score (nSPS) is 11.8. The molecule has 0 unspecified atom stereocenters. The Morgan fingerprint density at radius 1 is 1.07 bits per heavy atom. The Kier molecular flexibility index (Phi) is 5.30. The van der Waals surface area contributed by atoms with Crippen LogP contribution in [-0.4, -0.2) is 34.8 Å². The molecule has 1 atom stereocenters. The molecule has 0 radical (unpaired) electrons. The predicted octanol–water partition coefficient (Wildman–Crippen LogP) is 1.74. The van der Waals surface area contributed by atoms with Gasteiger partial charge in [-0.15, -0.1) is 0 Å². The van der Waals surface area contributed by atoms with E-state index < -0.39 is 18.0 Å². The van der Waals surface area contributed by atoms with Crippen molar-refractivity contribution in [2.24, 2.45) is 0 Å². The highest BCUT2D eigenvalue weighted by molar-refractivity contribution is 6.02. The van der Waals surface area contributed by atoms with Crippen LogP contribution in [0.1, 0.15) is 23.0 Å².